The van der Waals surface area contributed by atoms with Gasteiger partial charge < -0.3 is 20.1 Å². The van der Waals surface area contributed by atoms with Gasteiger partial charge in [0.1, 0.15) is 0 Å². The summed E-state index contributed by atoms with van der Waals surface area (Å²) in [6.07, 6.45) is 17.0. The first-order valence-corrected chi connectivity index (χ1v) is 17.5. The SMILES string of the molecule is C[C@H](NC(=O)OCCCCCCCCCC#CC#CCCCCCCCCCOC(=O)N[C@@H](C)c1ccccc1)c1ccccc1. The fraction of sp³-hybridized carbons (Fsp3) is 0.550. The molecule has 0 fully saturated rings. The van der Waals surface area contributed by atoms with Crippen LogP contribution >= 0.6 is 0 Å². The first kappa shape index (κ1) is 38.3. The predicted molar refractivity (Wildman–Crippen MR) is 188 cm³/mol. The van der Waals surface area contributed by atoms with Gasteiger partial charge in [-0.1, -0.05) is 137 Å². The van der Waals surface area contributed by atoms with Crippen molar-refractivity contribution in [1.29, 1.82) is 0 Å². The Hall–Kier alpha value is -3.90. The number of hydrogen-bond acceptors (Lipinski definition) is 4. The van der Waals surface area contributed by atoms with Crippen molar-refractivity contribution in [3.05, 3.63) is 71.8 Å². The lowest BCUT2D eigenvalue weighted by molar-refractivity contribution is 0.139. The zero-order valence-electron chi connectivity index (χ0n) is 28.3. The summed E-state index contributed by atoms with van der Waals surface area (Å²) >= 11 is 0. The molecule has 0 aliphatic rings. The molecule has 2 N–H and O–H groups in total. The quantitative estimate of drug-likeness (QED) is 0.100. The van der Waals surface area contributed by atoms with Crippen molar-refractivity contribution in [2.45, 2.75) is 129 Å². The maximum atomic E-state index is 11.9. The second-order valence-electron chi connectivity index (χ2n) is 11.9. The largest absolute Gasteiger partial charge is 0.450 e. The van der Waals surface area contributed by atoms with Gasteiger partial charge in [-0.15, -0.1) is 0 Å². The van der Waals surface area contributed by atoms with E-state index in [4.69, 9.17) is 9.47 Å². The molecule has 46 heavy (non-hydrogen) atoms. The maximum absolute atomic E-state index is 11.9. The summed E-state index contributed by atoms with van der Waals surface area (Å²) in [6, 6.07) is 19.7. The Bertz CT molecular complexity index is 1100. The molecule has 2 amide bonds. The topological polar surface area (TPSA) is 76.7 Å². The standard InChI is InChI=1S/C40H56N2O4/c1-35(37-29-23-21-24-30-37)41-39(43)45-33-27-19-17-15-13-11-9-7-5-3-4-6-8-10-12-14-16-18-20-28-34-46-40(44)42-36(2)38-31-25-22-26-32-38/h21-26,29-32,35-36H,7-20,27-28,33-34H2,1-2H3,(H,41,43)(H,42,44)/t35-,36-/m0/s1. The van der Waals surface area contributed by atoms with Crippen molar-refractivity contribution in [2.75, 3.05) is 13.2 Å². The fourth-order valence-corrected chi connectivity index (χ4v) is 5.03. The monoisotopic (exact) mass is 628 g/mol. The molecule has 0 aliphatic carbocycles. The number of nitrogens with one attached hydrogen (secondary N) is 2. The third-order valence-electron chi connectivity index (χ3n) is 7.87. The lowest BCUT2D eigenvalue weighted by Gasteiger charge is -2.14. The molecule has 0 bridgehead atoms. The van der Waals surface area contributed by atoms with Crippen LogP contribution in [0.4, 0.5) is 9.59 Å². The first-order chi connectivity index (χ1) is 22.6. The summed E-state index contributed by atoms with van der Waals surface area (Å²) < 4.78 is 10.6. The van der Waals surface area contributed by atoms with Crippen LogP contribution in [-0.2, 0) is 9.47 Å². The predicted octanol–water partition coefficient (Wildman–Crippen LogP) is 10.2. The molecule has 2 aromatic rings. The van der Waals surface area contributed by atoms with Gasteiger partial charge in [0.2, 0.25) is 0 Å². The van der Waals surface area contributed by atoms with Gasteiger partial charge in [-0.25, -0.2) is 9.59 Å². The van der Waals surface area contributed by atoms with E-state index in [9.17, 15) is 9.59 Å². The summed E-state index contributed by atoms with van der Waals surface area (Å²) in [5, 5.41) is 5.76. The van der Waals surface area contributed by atoms with E-state index in [0.717, 1.165) is 62.5 Å². The summed E-state index contributed by atoms with van der Waals surface area (Å²) in [5.74, 6) is 12.4. The molecule has 6 nitrogen and oxygen atoms in total. The summed E-state index contributed by atoms with van der Waals surface area (Å²) in [5.41, 5.74) is 2.14. The van der Waals surface area contributed by atoms with E-state index in [1.165, 1.54) is 51.4 Å². The molecule has 0 saturated carbocycles. The van der Waals surface area contributed by atoms with Gasteiger partial charge in [-0.3, -0.25) is 0 Å². The Kier molecular flexibility index (Phi) is 21.9. The van der Waals surface area contributed by atoms with Gasteiger partial charge in [0.15, 0.2) is 0 Å². The fourth-order valence-electron chi connectivity index (χ4n) is 5.03. The molecule has 0 radical (unpaired) electrons. The molecule has 2 atom stereocenters. The highest BCUT2D eigenvalue weighted by Gasteiger charge is 2.10. The summed E-state index contributed by atoms with van der Waals surface area (Å²) in [4.78, 5) is 23.9. The van der Waals surface area contributed by atoms with Crippen molar-refractivity contribution < 1.29 is 19.1 Å². The highest BCUT2D eigenvalue weighted by molar-refractivity contribution is 5.68. The van der Waals surface area contributed by atoms with E-state index in [-0.39, 0.29) is 24.3 Å². The number of ether oxygens (including phenoxy) is 2. The Morgan fingerprint density at radius 3 is 1.22 bits per heavy atom. The van der Waals surface area contributed by atoms with Crippen LogP contribution in [0.5, 0.6) is 0 Å². The summed E-state index contributed by atoms with van der Waals surface area (Å²) in [6.45, 7) is 4.86. The Labute approximate surface area is 278 Å². The normalized spacial score (nSPS) is 11.6. The molecule has 0 spiro atoms. The van der Waals surface area contributed by atoms with Crippen molar-refractivity contribution >= 4 is 12.2 Å². The van der Waals surface area contributed by atoms with Crippen LogP contribution < -0.4 is 10.6 Å². The highest BCUT2D eigenvalue weighted by atomic mass is 16.6. The number of carbonyl (C=O) groups is 2. The van der Waals surface area contributed by atoms with Gasteiger partial charge in [0, 0.05) is 12.8 Å². The average Bonchev–Trinajstić information content (AvgIpc) is 3.07. The van der Waals surface area contributed by atoms with E-state index in [1.54, 1.807) is 0 Å². The molecule has 250 valence electrons. The summed E-state index contributed by atoms with van der Waals surface area (Å²) in [7, 11) is 0. The number of alkyl carbamates (subject to hydrolysis) is 2. The van der Waals surface area contributed by atoms with Crippen molar-refractivity contribution in [3.63, 3.8) is 0 Å². The molecule has 0 unspecified atom stereocenters. The average molecular weight is 629 g/mol. The van der Waals surface area contributed by atoms with E-state index in [0.29, 0.717) is 13.2 Å². The second-order valence-corrected chi connectivity index (χ2v) is 11.9. The smallest absolute Gasteiger partial charge is 0.407 e. The van der Waals surface area contributed by atoms with Crippen LogP contribution in [-0.4, -0.2) is 25.4 Å². The van der Waals surface area contributed by atoms with Crippen LogP contribution in [0.2, 0.25) is 0 Å². The molecule has 0 heterocycles. The van der Waals surface area contributed by atoms with E-state index < -0.39 is 0 Å². The minimum absolute atomic E-state index is 0.0563. The van der Waals surface area contributed by atoms with E-state index in [1.807, 2.05) is 74.5 Å². The second kappa shape index (κ2) is 26.3. The molecule has 0 saturated heterocycles. The molecule has 0 aromatic heterocycles. The lowest BCUT2D eigenvalue weighted by Crippen LogP contribution is -2.27. The number of hydrogen-bond donors (Lipinski definition) is 2. The molecule has 0 aliphatic heterocycles. The van der Waals surface area contributed by atoms with Crippen LogP contribution in [0.1, 0.15) is 140 Å². The third-order valence-corrected chi connectivity index (χ3v) is 7.87. The van der Waals surface area contributed by atoms with Gasteiger partial charge >= 0.3 is 12.2 Å². The van der Waals surface area contributed by atoms with Gasteiger partial charge in [0.05, 0.1) is 25.3 Å². The Morgan fingerprint density at radius 2 is 0.848 bits per heavy atom. The number of amides is 2. The molecule has 2 aromatic carbocycles. The van der Waals surface area contributed by atoms with Crippen molar-refractivity contribution in [1.82, 2.24) is 10.6 Å². The first-order valence-electron chi connectivity index (χ1n) is 17.5. The van der Waals surface area contributed by atoms with Crippen LogP contribution in [0.3, 0.4) is 0 Å². The van der Waals surface area contributed by atoms with Gasteiger partial charge in [-0.2, -0.15) is 0 Å². The van der Waals surface area contributed by atoms with Crippen LogP contribution in [0.25, 0.3) is 0 Å². The van der Waals surface area contributed by atoms with E-state index in [2.05, 4.69) is 34.3 Å². The van der Waals surface area contributed by atoms with Crippen molar-refractivity contribution in [2.24, 2.45) is 0 Å². The number of unbranched alkanes of at least 4 members (excludes halogenated alkanes) is 14. The van der Waals surface area contributed by atoms with Gasteiger partial charge in [0.25, 0.3) is 0 Å². The number of rotatable bonds is 22. The molecular weight excluding hydrogens is 572 g/mol. The lowest BCUT2D eigenvalue weighted by atomic mass is 10.1. The minimum atomic E-state index is -0.346. The minimum Gasteiger partial charge on any atom is -0.450 e. The maximum Gasteiger partial charge on any atom is 0.407 e. The highest BCUT2D eigenvalue weighted by Crippen LogP contribution is 2.13. The molecular formula is C40H56N2O4. The number of carbonyl (C=O) groups excluding carboxylic acids is 2. The Morgan fingerprint density at radius 1 is 0.522 bits per heavy atom. The zero-order chi connectivity index (χ0) is 32.9. The van der Waals surface area contributed by atoms with E-state index >= 15 is 0 Å². The van der Waals surface area contributed by atoms with Crippen molar-refractivity contribution in [3.8, 4) is 23.7 Å². The van der Waals surface area contributed by atoms with Crippen LogP contribution in [0, 0.1) is 23.7 Å². The zero-order valence-corrected chi connectivity index (χ0v) is 28.3. The number of benzene rings is 2. The Balaban J connectivity index is 1.28. The molecule has 6 heteroatoms. The molecule has 2 rings (SSSR count). The van der Waals surface area contributed by atoms with Gasteiger partial charge in [-0.05, 0) is 62.5 Å². The van der Waals surface area contributed by atoms with Crippen LogP contribution in [0.15, 0.2) is 60.7 Å². The third kappa shape index (κ3) is 20.2.